The molecule has 1 aromatic rings. The first-order valence-electron chi connectivity index (χ1n) is 9.92. The van der Waals surface area contributed by atoms with Gasteiger partial charge in [0.15, 0.2) is 11.8 Å². The van der Waals surface area contributed by atoms with Crippen molar-refractivity contribution in [3.8, 4) is 11.8 Å². The molecule has 5 heteroatoms. The van der Waals surface area contributed by atoms with Crippen molar-refractivity contribution in [2.45, 2.75) is 56.9 Å². The highest BCUT2D eigenvalue weighted by Gasteiger charge is 2.38. The average Bonchev–Trinajstić information content (AvgIpc) is 2.95. The number of amides is 1. The van der Waals surface area contributed by atoms with Gasteiger partial charge in [-0.3, -0.25) is 9.36 Å². The number of carbonyl (C=O) groups excluding carboxylic acids is 1. The van der Waals surface area contributed by atoms with Crippen molar-refractivity contribution in [1.29, 1.82) is 0 Å². The molecule has 0 aromatic carbocycles. The summed E-state index contributed by atoms with van der Waals surface area (Å²) in [6, 6.07) is 0. The van der Waals surface area contributed by atoms with Crippen molar-refractivity contribution in [3.63, 3.8) is 0 Å². The van der Waals surface area contributed by atoms with Crippen LogP contribution in [0.4, 0.5) is 0 Å². The summed E-state index contributed by atoms with van der Waals surface area (Å²) in [5, 5.41) is 21.4. The van der Waals surface area contributed by atoms with Crippen molar-refractivity contribution < 1.29 is 15.0 Å². The Bertz CT molecular complexity index is 782. The number of likely N-dealkylation sites (tertiary alicyclic amines) is 1. The van der Waals surface area contributed by atoms with Crippen molar-refractivity contribution in [2.24, 2.45) is 5.92 Å². The van der Waals surface area contributed by atoms with E-state index in [0.717, 1.165) is 43.4 Å². The van der Waals surface area contributed by atoms with Gasteiger partial charge in [-0.15, -0.1) is 0 Å². The molecule has 6 rings (SSSR count). The molecule has 0 radical (unpaired) electrons. The Kier molecular flexibility index (Phi) is 3.66. The first-order chi connectivity index (χ1) is 12.6. The number of fused-ring (bicyclic) bond motifs is 2. The Balaban J connectivity index is 1.38. The zero-order valence-corrected chi connectivity index (χ0v) is 15.0. The molecule has 2 bridgehead atoms. The van der Waals surface area contributed by atoms with Gasteiger partial charge in [0.1, 0.15) is 6.54 Å². The Labute approximate surface area is 153 Å². The van der Waals surface area contributed by atoms with Crippen LogP contribution in [0.1, 0.15) is 61.5 Å². The van der Waals surface area contributed by atoms with Gasteiger partial charge in [0.2, 0.25) is 5.91 Å². The van der Waals surface area contributed by atoms with Crippen LogP contribution in [0.2, 0.25) is 0 Å². The largest absolute Gasteiger partial charge is 0.494 e. The fourth-order valence-corrected chi connectivity index (χ4v) is 5.40. The van der Waals surface area contributed by atoms with Crippen molar-refractivity contribution >= 4 is 5.91 Å². The van der Waals surface area contributed by atoms with Gasteiger partial charge < -0.3 is 15.1 Å². The molecule has 0 spiro atoms. The van der Waals surface area contributed by atoms with Crippen molar-refractivity contribution in [3.05, 3.63) is 34.9 Å². The van der Waals surface area contributed by atoms with Crippen molar-refractivity contribution in [1.82, 2.24) is 9.47 Å². The molecule has 3 unspecified atom stereocenters. The van der Waals surface area contributed by atoms with Crippen LogP contribution in [0.5, 0.6) is 11.8 Å². The fourth-order valence-electron chi connectivity index (χ4n) is 5.40. The molecule has 138 valence electrons. The van der Waals surface area contributed by atoms with Crippen LogP contribution in [-0.4, -0.2) is 38.7 Å². The summed E-state index contributed by atoms with van der Waals surface area (Å²) in [6.45, 7) is 1.50. The number of rotatable bonds is 2. The number of allylic oxidation sites excluding steroid dienone is 3. The minimum Gasteiger partial charge on any atom is -0.494 e. The number of aromatic hydroxyl groups is 2. The topological polar surface area (TPSA) is 65.7 Å². The molecule has 1 aromatic heterocycles. The Morgan fingerprint density at radius 3 is 2.38 bits per heavy atom. The highest BCUT2D eigenvalue weighted by atomic mass is 16.3. The first kappa shape index (κ1) is 16.0. The van der Waals surface area contributed by atoms with E-state index in [2.05, 4.69) is 18.2 Å². The van der Waals surface area contributed by atoms with Crippen LogP contribution >= 0.6 is 0 Å². The molecule has 3 atom stereocenters. The predicted octanol–water partition coefficient (Wildman–Crippen LogP) is 3.39. The average molecular weight is 354 g/mol. The summed E-state index contributed by atoms with van der Waals surface area (Å²) < 4.78 is 1.42. The van der Waals surface area contributed by atoms with Gasteiger partial charge in [-0.25, -0.2) is 0 Å². The van der Waals surface area contributed by atoms with Crippen LogP contribution in [0, 0.1) is 5.92 Å². The minimum atomic E-state index is -0.0202. The number of hydrogen-bond donors (Lipinski definition) is 2. The summed E-state index contributed by atoms with van der Waals surface area (Å²) in [5.41, 5.74) is 3.07. The molecule has 5 nitrogen and oxygen atoms in total. The van der Waals surface area contributed by atoms with Gasteiger partial charge in [0, 0.05) is 36.1 Å². The molecular formula is C21H26N2O3. The smallest absolute Gasteiger partial charge is 0.243 e. The number of piperidine rings is 1. The van der Waals surface area contributed by atoms with E-state index in [1.807, 2.05) is 4.90 Å². The van der Waals surface area contributed by atoms with Gasteiger partial charge in [-0.1, -0.05) is 23.8 Å². The third-order valence-electron chi connectivity index (χ3n) is 6.84. The molecule has 1 fully saturated rings. The standard InChI is InChI=1S/C21H26N2O3/c24-17(22-10-9-13-3-1-2-4-16(13)11-22)12-23-20(25)18-14-5-6-15(8-7-14)19(18)21(23)26/h4-6,13-15,25-26H,1-3,7-12H2. The SMILES string of the molecule is O=C(Cn1c(O)c2c(c1O)C1C=CC2CC1)N1CCC2CCCC=C2C1. The van der Waals surface area contributed by atoms with E-state index in [0.29, 0.717) is 12.5 Å². The summed E-state index contributed by atoms with van der Waals surface area (Å²) >= 11 is 0. The molecule has 2 N–H and O–H groups in total. The van der Waals surface area contributed by atoms with E-state index in [4.69, 9.17) is 0 Å². The van der Waals surface area contributed by atoms with Crippen LogP contribution in [-0.2, 0) is 11.3 Å². The highest BCUT2D eigenvalue weighted by Crippen LogP contribution is 2.53. The molecule has 5 aliphatic rings. The monoisotopic (exact) mass is 354 g/mol. The Hall–Kier alpha value is -2.17. The summed E-state index contributed by atoms with van der Waals surface area (Å²) in [6.07, 6.45) is 13.2. The minimum absolute atomic E-state index is 0.0159. The van der Waals surface area contributed by atoms with E-state index in [-0.39, 0.29) is 36.0 Å². The third-order valence-corrected chi connectivity index (χ3v) is 6.84. The first-order valence-corrected chi connectivity index (χ1v) is 9.92. The summed E-state index contributed by atoms with van der Waals surface area (Å²) in [7, 11) is 0. The molecule has 1 aliphatic heterocycles. The molecule has 26 heavy (non-hydrogen) atoms. The van der Waals surface area contributed by atoms with Gasteiger partial charge >= 0.3 is 0 Å². The van der Waals surface area contributed by atoms with Gasteiger partial charge in [0.05, 0.1) is 0 Å². The molecule has 1 amide bonds. The molecule has 1 saturated heterocycles. The van der Waals surface area contributed by atoms with Crippen LogP contribution < -0.4 is 0 Å². The van der Waals surface area contributed by atoms with Crippen LogP contribution in [0.15, 0.2) is 23.8 Å². The summed E-state index contributed by atoms with van der Waals surface area (Å²) in [4.78, 5) is 14.8. The van der Waals surface area contributed by atoms with E-state index in [9.17, 15) is 15.0 Å². The van der Waals surface area contributed by atoms with Gasteiger partial charge in [-0.2, -0.15) is 0 Å². The zero-order valence-electron chi connectivity index (χ0n) is 15.0. The Morgan fingerprint density at radius 1 is 1.04 bits per heavy atom. The zero-order chi connectivity index (χ0) is 17.8. The lowest BCUT2D eigenvalue weighted by Gasteiger charge is -2.36. The molecule has 0 saturated carbocycles. The van der Waals surface area contributed by atoms with Crippen molar-refractivity contribution in [2.75, 3.05) is 13.1 Å². The highest BCUT2D eigenvalue weighted by molar-refractivity contribution is 5.77. The quantitative estimate of drug-likeness (QED) is 0.800. The normalized spacial score (nSPS) is 29.3. The van der Waals surface area contributed by atoms with Crippen LogP contribution in [0.25, 0.3) is 0 Å². The van der Waals surface area contributed by atoms with E-state index in [1.54, 1.807) is 0 Å². The number of hydrogen-bond acceptors (Lipinski definition) is 3. The molecular weight excluding hydrogens is 328 g/mol. The number of nitrogens with zero attached hydrogens (tertiary/aromatic N) is 2. The molecule has 4 aliphatic carbocycles. The third kappa shape index (κ3) is 2.32. The maximum atomic E-state index is 12.9. The summed E-state index contributed by atoms with van der Waals surface area (Å²) in [5.74, 6) is 1.12. The predicted molar refractivity (Wildman–Crippen MR) is 98.2 cm³/mol. The van der Waals surface area contributed by atoms with Gasteiger partial charge in [0.25, 0.3) is 0 Å². The second-order valence-corrected chi connectivity index (χ2v) is 8.25. The maximum Gasteiger partial charge on any atom is 0.243 e. The second-order valence-electron chi connectivity index (χ2n) is 8.25. The lowest BCUT2D eigenvalue weighted by molar-refractivity contribution is -0.132. The van der Waals surface area contributed by atoms with Gasteiger partial charge in [-0.05, 0) is 44.4 Å². The second kappa shape index (κ2) is 5.93. The van der Waals surface area contributed by atoms with E-state index < -0.39 is 0 Å². The lowest BCUT2D eigenvalue weighted by Crippen LogP contribution is -2.42. The fraction of sp³-hybridized carbons (Fsp3) is 0.571. The Morgan fingerprint density at radius 2 is 1.73 bits per heavy atom. The number of aromatic nitrogens is 1. The number of carbonyl (C=O) groups is 1. The van der Waals surface area contributed by atoms with E-state index >= 15 is 0 Å². The molecule has 2 heterocycles. The van der Waals surface area contributed by atoms with Crippen LogP contribution in [0.3, 0.4) is 0 Å². The lowest BCUT2D eigenvalue weighted by atomic mass is 9.73. The maximum absolute atomic E-state index is 12.9. The van der Waals surface area contributed by atoms with E-state index in [1.165, 1.54) is 23.0 Å².